The van der Waals surface area contributed by atoms with Gasteiger partial charge in [-0.25, -0.2) is 0 Å². The second kappa shape index (κ2) is 4.72. The SMILES string of the molecule is C=C/C(N)=C(\C=C)N1CCNCC1. The van der Waals surface area contributed by atoms with Gasteiger partial charge in [-0.1, -0.05) is 13.2 Å². The minimum absolute atomic E-state index is 0.705. The number of piperazine rings is 1. The van der Waals surface area contributed by atoms with Crippen LogP contribution in [0.4, 0.5) is 0 Å². The van der Waals surface area contributed by atoms with Crippen molar-refractivity contribution < 1.29 is 0 Å². The Labute approximate surface area is 79.6 Å². The van der Waals surface area contributed by atoms with Crippen molar-refractivity contribution in [2.75, 3.05) is 26.2 Å². The molecule has 13 heavy (non-hydrogen) atoms. The third-order valence-electron chi connectivity index (χ3n) is 2.17. The van der Waals surface area contributed by atoms with E-state index in [1.54, 1.807) is 12.2 Å². The van der Waals surface area contributed by atoms with Crippen LogP contribution < -0.4 is 11.1 Å². The topological polar surface area (TPSA) is 41.3 Å². The molecule has 0 bridgehead atoms. The van der Waals surface area contributed by atoms with Crippen LogP contribution in [0.2, 0.25) is 0 Å². The minimum Gasteiger partial charge on any atom is -0.397 e. The molecule has 0 unspecified atom stereocenters. The Hall–Kier alpha value is -1.22. The summed E-state index contributed by atoms with van der Waals surface area (Å²) in [6.45, 7) is 11.4. The molecule has 0 amide bonds. The summed E-state index contributed by atoms with van der Waals surface area (Å²) >= 11 is 0. The van der Waals surface area contributed by atoms with Crippen molar-refractivity contribution in [3.8, 4) is 0 Å². The smallest absolute Gasteiger partial charge is 0.0594 e. The highest BCUT2D eigenvalue weighted by atomic mass is 15.2. The fourth-order valence-electron chi connectivity index (χ4n) is 1.44. The van der Waals surface area contributed by atoms with Crippen LogP contribution in [0.5, 0.6) is 0 Å². The zero-order chi connectivity index (χ0) is 9.68. The molecule has 1 rings (SSSR count). The molecule has 72 valence electrons. The van der Waals surface area contributed by atoms with Crippen molar-refractivity contribution in [3.63, 3.8) is 0 Å². The van der Waals surface area contributed by atoms with E-state index in [-0.39, 0.29) is 0 Å². The summed E-state index contributed by atoms with van der Waals surface area (Å²) in [6, 6.07) is 0. The molecule has 1 fully saturated rings. The average molecular weight is 179 g/mol. The van der Waals surface area contributed by atoms with Crippen LogP contribution in [0.25, 0.3) is 0 Å². The number of hydrogen-bond donors (Lipinski definition) is 2. The summed E-state index contributed by atoms with van der Waals surface area (Å²) in [5.74, 6) is 0. The van der Waals surface area contributed by atoms with Gasteiger partial charge >= 0.3 is 0 Å². The van der Waals surface area contributed by atoms with E-state index in [0.717, 1.165) is 31.9 Å². The van der Waals surface area contributed by atoms with Crippen molar-refractivity contribution in [3.05, 3.63) is 36.7 Å². The van der Waals surface area contributed by atoms with Gasteiger partial charge in [-0.2, -0.15) is 0 Å². The molecule has 1 heterocycles. The monoisotopic (exact) mass is 179 g/mol. The molecule has 3 N–H and O–H groups in total. The fraction of sp³-hybridized carbons (Fsp3) is 0.400. The molecular weight excluding hydrogens is 162 g/mol. The molecule has 0 aromatic rings. The maximum Gasteiger partial charge on any atom is 0.0594 e. The molecule has 1 aliphatic rings. The van der Waals surface area contributed by atoms with E-state index in [4.69, 9.17) is 5.73 Å². The summed E-state index contributed by atoms with van der Waals surface area (Å²) in [7, 11) is 0. The molecule has 0 aliphatic carbocycles. The molecular formula is C10H17N3. The lowest BCUT2D eigenvalue weighted by molar-refractivity contribution is 0.305. The standard InChI is InChI=1S/C10H17N3/c1-3-9(11)10(4-2)13-7-5-12-6-8-13/h3-4,12H,1-2,5-8,11H2/b10-9-. The minimum atomic E-state index is 0.705. The van der Waals surface area contributed by atoms with Gasteiger partial charge in [-0.3, -0.25) is 0 Å². The molecule has 1 aliphatic heterocycles. The molecule has 0 saturated carbocycles. The summed E-state index contributed by atoms with van der Waals surface area (Å²) in [5, 5.41) is 3.29. The van der Waals surface area contributed by atoms with Crippen LogP contribution in [0, 0.1) is 0 Å². The van der Waals surface area contributed by atoms with Crippen molar-refractivity contribution in [2.45, 2.75) is 0 Å². The third-order valence-corrected chi connectivity index (χ3v) is 2.17. The number of allylic oxidation sites excluding steroid dienone is 2. The number of rotatable bonds is 3. The zero-order valence-electron chi connectivity index (χ0n) is 7.92. The normalized spacial score (nSPS) is 19.2. The Balaban J connectivity index is 2.75. The Morgan fingerprint density at radius 3 is 2.31 bits per heavy atom. The maximum atomic E-state index is 5.79. The molecule has 0 aromatic heterocycles. The first-order valence-electron chi connectivity index (χ1n) is 4.50. The molecule has 1 saturated heterocycles. The Kier molecular flexibility index (Phi) is 3.58. The van der Waals surface area contributed by atoms with Crippen LogP contribution >= 0.6 is 0 Å². The summed E-state index contributed by atoms with van der Waals surface area (Å²) in [6.07, 6.45) is 3.46. The van der Waals surface area contributed by atoms with E-state index in [2.05, 4.69) is 23.4 Å². The summed E-state index contributed by atoms with van der Waals surface area (Å²) in [4.78, 5) is 2.22. The van der Waals surface area contributed by atoms with Gasteiger partial charge < -0.3 is 16.0 Å². The lowest BCUT2D eigenvalue weighted by Crippen LogP contribution is -2.43. The van der Waals surface area contributed by atoms with Crippen LogP contribution in [0.15, 0.2) is 36.7 Å². The third kappa shape index (κ3) is 2.36. The molecule has 0 aromatic carbocycles. The highest BCUT2D eigenvalue weighted by Crippen LogP contribution is 2.09. The predicted octanol–water partition coefficient (Wildman–Crippen LogP) is 0.434. The van der Waals surface area contributed by atoms with E-state index in [0.29, 0.717) is 5.70 Å². The highest BCUT2D eigenvalue weighted by Gasteiger charge is 2.11. The van der Waals surface area contributed by atoms with Gasteiger partial charge in [0.1, 0.15) is 0 Å². The van der Waals surface area contributed by atoms with E-state index in [9.17, 15) is 0 Å². The number of nitrogens with zero attached hydrogens (tertiary/aromatic N) is 1. The molecule has 0 atom stereocenters. The number of hydrogen-bond acceptors (Lipinski definition) is 3. The predicted molar refractivity (Wildman–Crippen MR) is 56.1 cm³/mol. The Morgan fingerprint density at radius 1 is 1.23 bits per heavy atom. The Morgan fingerprint density at radius 2 is 1.85 bits per heavy atom. The van der Waals surface area contributed by atoms with Gasteiger partial charge in [0.05, 0.1) is 11.4 Å². The summed E-state index contributed by atoms with van der Waals surface area (Å²) in [5.41, 5.74) is 7.49. The van der Waals surface area contributed by atoms with E-state index in [1.807, 2.05) is 0 Å². The van der Waals surface area contributed by atoms with E-state index < -0.39 is 0 Å². The fourth-order valence-corrected chi connectivity index (χ4v) is 1.44. The van der Waals surface area contributed by atoms with Crippen molar-refractivity contribution in [1.29, 1.82) is 0 Å². The lowest BCUT2D eigenvalue weighted by Gasteiger charge is -2.30. The first-order chi connectivity index (χ1) is 6.29. The molecule has 0 radical (unpaired) electrons. The largest absolute Gasteiger partial charge is 0.397 e. The second-order valence-electron chi connectivity index (χ2n) is 2.99. The van der Waals surface area contributed by atoms with Gasteiger partial charge in [-0.15, -0.1) is 0 Å². The first-order valence-corrected chi connectivity index (χ1v) is 4.50. The van der Waals surface area contributed by atoms with E-state index >= 15 is 0 Å². The van der Waals surface area contributed by atoms with Gasteiger partial charge in [0.15, 0.2) is 0 Å². The van der Waals surface area contributed by atoms with E-state index in [1.165, 1.54) is 0 Å². The van der Waals surface area contributed by atoms with Crippen LogP contribution in [-0.2, 0) is 0 Å². The summed E-state index contributed by atoms with van der Waals surface area (Å²) < 4.78 is 0. The van der Waals surface area contributed by atoms with Crippen LogP contribution in [-0.4, -0.2) is 31.1 Å². The molecule has 3 nitrogen and oxygen atoms in total. The first kappa shape index (κ1) is 9.86. The number of nitrogens with two attached hydrogens (primary N) is 1. The van der Waals surface area contributed by atoms with Gasteiger partial charge in [0.2, 0.25) is 0 Å². The maximum absolute atomic E-state index is 5.79. The van der Waals surface area contributed by atoms with Gasteiger partial charge in [-0.05, 0) is 12.2 Å². The van der Waals surface area contributed by atoms with Gasteiger partial charge in [0, 0.05) is 26.2 Å². The van der Waals surface area contributed by atoms with Crippen LogP contribution in [0.1, 0.15) is 0 Å². The highest BCUT2D eigenvalue weighted by molar-refractivity contribution is 5.28. The average Bonchev–Trinajstić information content (AvgIpc) is 2.20. The van der Waals surface area contributed by atoms with Gasteiger partial charge in [0.25, 0.3) is 0 Å². The second-order valence-corrected chi connectivity index (χ2v) is 2.99. The lowest BCUT2D eigenvalue weighted by atomic mass is 10.2. The zero-order valence-corrected chi connectivity index (χ0v) is 7.92. The molecule has 0 spiro atoms. The van der Waals surface area contributed by atoms with Crippen molar-refractivity contribution >= 4 is 0 Å². The van der Waals surface area contributed by atoms with Crippen molar-refractivity contribution in [1.82, 2.24) is 10.2 Å². The quantitative estimate of drug-likeness (QED) is 0.617. The van der Waals surface area contributed by atoms with Crippen LogP contribution in [0.3, 0.4) is 0 Å². The number of nitrogens with one attached hydrogen (secondary N) is 1. The Bertz CT molecular complexity index is 224. The van der Waals surface area contributed by atoms with Crippen molar-refractivity contribution in [2.24, 2.45) is 5.73 Å². The molecule has 3 heteroatoms.